The zero-order valence-corrected chi connectivity index (χ0v) is 26.4. The van der Waals surface area contributed by atoms with E-state index in [1.807, 2.05) is 49.4 Å². The zero-order valence-electron chi connectivity index (χ0n) is 23.1. The summed E-state index contributed by atoms with van der Waals surface area (Å²) >= 11 is 6.20. The molecule has 3 unspecified atom stereocenters. The molecule has 0 amide bonds. The van der Waals surface area contributed by atoms with Crippen LogP contribution >= 0.6 is 48.8 Å². The molecule has 0 spiro atoms. The molecule has 4 rings (SSSR count). The maximum Gasteiger partial charge on any atom is 0.416 e. The first kappa shape index (κ1) is 38.3. The summed E-state index contributed by atoms with van der Waals surface area (Å²) in [5, 5.41) is 17.8. The van der Waals surface area contributed by atoms with E-state index >= 15 is 0 Å². The lowest BCUT2D eigenvalue weighted by Crippen LogP contribution is -2.47. The van der Waals surface area contributed by atoms with E-state index in [4.69, 9.17) is 16.3 Å². The number of halogens is 7. The van der Waals surface area contributed by atoms with Crippen molar-refractivity contribution in [2.75, 3.05) is 39.3 Å². The number of alkyl halides is 3. The molecule has 0 radical (unpaired) electrons. The minimum absolute atomic E-state index is 0. The fraction of sp³-hybridized carbons (Fsp3) is 0.400. The standard InChI is InChI=1S/C30H35ClF3N3O2.3ClH/c1-21(36-20-29(38)24-5-2-6-25(17-24)30(32,33)34)16-22-8-10-27(11-9-22)39-15-14-37-13-12-35-19-28(37)23-4-3-7-26(31)18-23;;;/h2-11,17-18,21,28-29,35-36,38H,12-16,19-20H2,1H3;3*1H. The fourth-order valence-electron chi connectivity index (χ4n) is 4.84. The SMILES string of the molecule is CC(Cc1ccc(OCCN2CCNCC2c2cccc(Cl)c2)cc1)NCC(O)c1cccc(C(F)(F)F)c1.Cl.Cl.Cl. The van der Waals surface area contributed by atoms with Crippen molar-refractivity contribution in [1.82, 2.24) is 15.5 Å². The summed E-state index contributed by atoms with van der Waals surface area (Å²) in [5.74, 6) is 0.800. The minimum atomic E-state index is -4.43. The minimum Gasteiger partial charge on any atom is -0.492 e. The van der Waals surface area contributed by atoms with Gasteiger partial charge in [-0.2, -0.15) is 13.2 Å². The fourth-order valence-corrected chi connectivity index (χ4v) is 5.04. The molecule has 1 saturated heterocycles. The molecule has 0 aliphatic carbocycles. The highest BCUT2D eigenvalue weighted by Crippen LogP contribution is 2.31. The Bertz CT molecular complexity index is 1200. The van der Waals surface area contributed by atoms with Crippen molar-refractivity contribution >= 4 is 48.8 Å². The molecular weight excluding hydrogens is 633 g/mol. The summed E-state index contributed by atoms with van der Waals surface area (Å²) in [6.45, 7) is 6.26. The second kappa shape index (κ2) is 18.1. The number of aliphatic hydroxyl groups is 1. The van der Waals surface area contributed by atoms with Crippen molar-refractivity contribution in [3.63, 3.8) is 0 Å². The van der Waals surface area contributed by atoms with Gasteiger partial charge < -0.3 is 20.5 Å². The van der Waals surface area contributed by atoms with Gasteiger partial charge in [-0.1, -0.05) is 48.0 Å². The van der Waals surface area contributed by atoms with Crippen LogP contribution in [-0.4, -0.2) is 55.4 Å². The topological polar surface area (TPSA) is 56.8 Å². The smallest absolute Gasteiger partial charge is 0.416 e. The van der Waals surface area contributed by atoms with E-state index in [2.05, 4.69) is 21.6 Å². The Kier molecular flexibility index (Phi) is 16.5. The third-order valence-electron chi connectivity index (χ3n) is 6.96. The maximum absolute atomic E-state index is 12.9. The number of piperazine rings is 1. The van der Waals surface area contributed by atoms with Gasteiger partial charge in [0.2, 0.25) is 0 Å². The van der Waals surface area contributed by atoms with Gasteiger partial charge in [0, 0.05) is 49.8 Å². The molecule has 3 aromatic carbocycles. The van der Waals surface area contributed by atoms with Crippen molar-refractivity contribution in [3.05, 3.63) is 100 Å². The van der Waals surface area contributed by atoms with Crippen LogP contribution in [0.1, 0.15) is 41.3 Å². The molecule has 3 N–H and O–H groups in total. The Morgan fingerprint density at radius 1 is 1.05 bits per heavy atom. The molecule has 5 nitrogen and oxygen atoms in total. The first-order chi connectivity index (χ1) is 18.7. The first-order valence-electron chi connectivity index (χ1n) is 13.2. The van der Waals surface area contributed by atoms with Crippen molar-refractivity contribution in [2.24, 2.45) is 0 Å². The van der Waals surface area contributed by atoms with Crippen LogP contribution in [0.2, 0.25) is 5.02 Å². The summed E-state index contributed by atoms with van der Waals surface area (Å²) in [6, 6.07) is 21.0. The lowest BCUT2D eigenvalue weighted by atomic mass is 10.0. The van der Waals surface area contributed by atoms with Gasteiger partial charge in [0.1, 0.15) is 12.4 Å². The Morgan fingerprint density at radius 2 is 1.76 bits per heavy atom. The van der Waals surface area contributed by atoms with Crippen LogP contribution in [0.3, 0.4) is 0 Å². The molecule has 0 aromatic heterocycles. The van der Waals surface area contributed by atoms with E-state index in [9.17, 15) is 18.3 Å². The Morgan fingerprint density at radius 3 is 2.45 bits per heavy atom. The molecule has 0 bridgehead atoms. The number of hydrogen-bond acceptors (Lipinski definition) is 5. The lowest BCUT2D eigenvalue weighted by Gasteiger charge is -2.36. The van der Waals surface area contributed by atoms with Crippen LogP contribution in [0.5, 0.6) is 5.75 Å². The zero-order chi connectivity index (χ0) is 27.8. The lowest BCUT2D eigenvalue weighted by molar-refractivity contribution is -0.137. The highest BCUT2D eigenvalue weighted by molar-refractivity contribution is 6.30. The van der Waals surface area contributed by atoms with E-state index in [0.717, 1.165) is 54.6 Å². The summed E-state index contributed by atoms with van der Waals surface area (Å²) in [4.78, 5) is 2.41. The van der Waals surface area contributed by atoms with Crippen LogP contribution < -0.4 is 15.4 Å². The molecule has 1 aliphatic heterocycles. The molecule has 42 heavy (non-hydrogen) atoms. The molecular formula is C30H38Cl4F3N3O2. The average Bonchev–Trinajstić information content (AvgIpc) is 2.92. The van der Waals surface area contributed by atoms with Gasteiger partial charge in [-0.3, -0.25) is 4.90 Å². The third kappa shape index (κ3) is 11.4. The highest BCUT2D eigenvalue weighted by Gasteiger charge is 2.31. The van der Waals surface area contributed by atoms with Crippen LogP contribution in [0, 0.1) is 0 Å². The largest absolute Gasteiger partial charge is 0.492 e. The van der Waals surface area contributed by atoms with E-state index in [-0.39, 0.29) is 61.4 Å². The average molecular weight is 671 g/mol. The number of ether oxygens (including phenoxy) is 1. The van der Waals surface area contributed by atoms with Gasteiger partial charge in [-0.25, -0.2) is 0 Å². The first-order valence-corrected chi connectivity index (χ1v) is 13.6. The number of benzene rings is 3. The van der Waals surface area contributed by atoms with Crippen LogP contribution in [0.25, 0.3) is 0 Å². The Balaban J connectivity index is 0.00000294. The van der Waals surface area contributed by atoms with Gasteiger partial charge in [0.05, 0.1) is 11.7 Å². The normalized spacial score (nSPS) is 16.8. The molecule has 12 heteroatoms. The molecule has 1 heterocycles. The van der Waals surface area contributed by atoms with Crippen LogP contribution in [-0.2, 0) is 12.6 Å². The van der Waals surface area contributed by atoms with Crippen molar-refractivity contribution in [3.8, 4) is 5.75 Å². The predicted octanol–water partition coefficient (Wildman–Crippen LogP) is 6.90. The number of nitrogens with one attached hydrogen (secondary N) is 2. The highest BCUT2D eigenvalue weighted by atomic mass is 35.5. The van der Waals surface area contributed by atoms with Gasteiger partial charge in [0.15, 0.2) is 0 Å². The molecule has 3 atom stereocenters. The molecule has 3 aromatic rings. The Hall–Kier alpha value is -1.75. The summed E-state index contributed by atoms with van der Waals surface area (Å²) < 4.78 is 44.9. The van der Waals surface area contributed by atoms with Gasteiger partial charge >= 0.3 is 6.18 Å². The molecule has 0 saturated carbocycles. The summed E-state index contributed by atoms with van der Waals surface area (Å²) in [6.07, 6.45) is -4.76. The monoisotopic (exact) mass is 669 g/mol. The van der Waals surface area contributed by atoms with Crippen LogP contribution in [0.15, 0.2) is 72.8 Å². The van der Waals surface area contributed by atoms with Crippen molar-refractivity contribution in [2.45, 2.75) is 37.7 Å². The third-order valence-corrected chi connectivity index (χ3v) is 7.19. The summed E-state index contributed by atoms with van der Waals surface area (Å²) in [7, 11) is 0. The number of hydrogen-bond donors (Lipinski definition) is 3. The molecule has 234 valence electrons. The van der Waals surface area contributed by atoms with E-state index in [1.54, 1.807) is 0 Å². The quantitative estimate of drug-likeness (QED) is 0.207. The van der Waals surface area contributed by atoms with Gasteiger partial charge in [0.25, 0.3) is 0 Å². The summed E-state index contributed by atoms with van der Waals surface area (Å²) in [5.41, 5.74) is 1.78. The van der Waals surface area contributed by atoms with E-state index in [1.165, 1.54) is 17.7 Å². The van der Waals surface area contributed by atoms with Gasteiger partial charge in [-0.05, 0) is 66.4 Å². The number of aliphatic hydroxyl groups excluding tert-OH is 1. The second-order valence-corrected chi connectivity index (χ2v) is 10.4. The number of nitrogens with zero attached hydrogens (tertiary/aromatic N) is 1. The number of rotatable bonds is 11. The van der Waals surface area contributed by atoms with Crippen LogP contribution in [0.4, 0.5) is 13.2 Å². The predicted molar refractivity (Wildman–Crippen MR) is 170 cm³/mol. The van der Waals surface area contributed by atoms with Crippen molar-refractivity contribution in [1.29, 1.82) is 0 Å². The van der Waals surface area contributed by atoms with E-state index < -0.39 is 17.8 Å². The molecule has 1 fully saturated rings. The van der Waals surface area contributed by atoms with Crippen molar-refractivity contribution < 1.29 is 23.0 Å². The maximum atomic E-state index is 12.9. The second-order valence-electron chi connectivity index (χ2n) is 9.96. The Labute approximate surface area is 269 Å². The van der Waals surface area contributed by atoms with E-state index in [0.29, 0.717) is 13.0 Å². The van der Waals surface area contributed by atoms with Gasteiger partial charge in [-0.15, -0.1) is 37.2 Å². The molecule has 1 aliphatic rings.